The number of rotatable bonds is 2. The molecule has 102 valence electrons. The SMILES string of the molecule is O=c1[nH]c2ccc(C(O)c3c(Cl)cccc3Cl)cc2o1. The molecule has 0 amide bonds. The van der Waals surface area contributed by atoms with E-state index in [1.807, 2.05) is 0 Å². The van der Waals surface area contributed by atoms with Crippen molar-refractivity contribution in [1.29, 1.82) is 0 Å². The van der Waals surface area contributed by atoms with Gasteiger partial charge in [0.1, 0.15) is 6.10 Å². The van der Waals surface area contributed by atoms with Gasteiger partial charge in [-0.2, -0.15) is 0 Å². The molecule has 0 aliphatic carbocycles. The molecule has 0 bridgehead atoms. The zero-order valence-electron chi connectivity index (χ0n) is 10.1. The third-order valence-electron chi connectivity index (χ3n) is 3.03. The summed E-state index contributed by atoms with van der Waals surface area (Å²) in [6.07, 6.45) is -0.999. The molecule has 2 N–H and O–H groups in total. The summed E-state index contributed by atoms with van der Waals surface area (Å²) in [5.41, 5.74) is 1.90. The predicted octanol–water partition coefficient (Wildman–Crippen LogP) is 3.51. The molecular formula is C14H9Cl2NO3. The van der Waals surface area contributed by atoms with Crippen LogP contribution >= 0.6 is 23.2 Å². The number of benzene rings is 2. The maximum absolute atomic E-state index is 11.1. The molecule has 0 spiro atoms. The van der Waals surface area contributed by atoms with Crippen LogP contribution in [0, 0.1) is 0 Å². The average molecular weight is 310 g/mol. The second-order valence-electron chi connectivity index (χ2n) is 4.31. The number of hydrogen-bond donors (Lipinski definition) is 2. The van der Waals surface area contributed by atoms with Crippen molar-refractivity contribution in [2.24, 2.45) is 0 Å². The Morgan fingerprint density at radius 1 is 1.15 bits per heavy atom. The number of aliphatic hydroxyl groups is 1. The lowest BCUT2D eigenvalue weighted by Crippen LogP contribution is -2.01. The summed E-state index contributed by atoms with van der Waals surface area (Å²) < 4.78 is 4.97. The van der Waals surface area contributed by atoms with Crippen LogP contribution in [-0.2, 0) is 0 Å². The smallest absolute Gasteiger partial charge is 0.408 e. The Kier molecular flexibility index (Phi) is 3.30. The average Bonchev–Trinajstić information content (AvgIpc) is 2.77. The first kappa shape index (κ1) is 13.2. The number of aromatic amines is 1. The van der Waals surface area contributed by atoms with E-state index in [-0.39, 0.29) is 0 Å². The molecule has 1 heterocycles. The Balaban J connectivity index is 2.12. The van der Waals surface area contributed by atoms with E-state index < -0.39 is 11.9 Å². The van der Waals surface area contributed by atoms with Crippen molar-refractivity contribution in [1.82, 2.24) is 4.98 Å². The quantitative estimate of drug-likeness (QED) is 0.761. The number of halogens is 2. The van der Waals surface area contributed by atoms with E-state index >= 15 is 0 Å². The monoisotopic (exact) mass is 309 g/mol. The lowest BCUT2D eigenvalue weighted by Gasteiger charge is -2.14. The van der Waals surface area contributed by atoms with Crippen molar-refractivity contribution >= 4 is 34.3 Å². The first-order chi connectivity index (χ1) is 9.56. The topological polar surface area (TPSA) is 66.2 Å². The molecule has 0 radical (unpaired) electrons. The number of nitrogens with one attached hydrogen (secondary N) is 1. The fourth-order valence-corrected chi connectivity index (χ4v) is 2.67. The van der Waals surface area contributed by atoms with Crippen LogP contribution in [0.1, 0.15) is 17.2 Å². The highest BCUT2D eigenvalue weighted by Crippen LogP contribution is 2.34. The molecule has 0 saturated carbocycles. The van der Waals surface area contributed by atoms with Gasteiger partial charge in [-0.05, 0) is 29.8 Å². The summed E-state index contributed by atoms with van der Waals surface area (Å²) >= 11 is 12.1. The summed E-state index contributed by atoms with van der Waals surface area (Å²) in [7, 11) is 0. The largest absolute Gasteiger partial charge is 0.417 e. The van der Waals surface area contributed by atoms with Gasteiger partial charge >= 0.3 is 5.76 Å². The number of H-pyrrole nitrogens is 1. The molecule has 0 aliphatic rings. The number of oxazole rings is 1. The lowest BCUT2D eigenvalue weighted by atomic mass is 10.0. The predicted molar refractivity (Wildman–Crippen MR) is 77.4 cm³/mol. The zero-order chi connectivity index (χ0) is 14.3. The van der Waals surface area contributed by atoms with Crippen molar-refractivity contribution < 1.29 is 9.52 Å². The van der Waals surface area contributed by atoms with Crippen molar-refractivity contribution in [2.45, 2.75) is 6.10 Å². The van der Waals surface area contributed by atoms with Gasteiger partial charge in [0, 0.05) is 15.6 Å². The van der Waals surface area contributed by atoms with Crippen LogP contribution in [0.15, 0.2) is 45.6 Å². The van der Waals surface area contributed by atoms with Gasteiger partial charge < -0.3 is 9.52 Å². The van der Waals surface area contributed by atoms with Crippen LogP contribution in [-0.4, -0.2) is 10.1 Å². The summed E-state index contributed by atoms with van der Waals surface area (Å²) in [5, 5.41) is 11.2. The molecule has 0 aliphatic heterocycles. The molecule has 1 aromatic heterocycles. The minimum atomic E-state index is -0.999. The van der Waals surface area contributed by atoms with Crippen molar-refractivity contribution in [2.75, 3.05) is 0 Å². The van der Waals surface area contributed by atoms with Crippen molar-refractivity contribution in [3.8, 4) is 0 Å². The minimum Gasteiger partial charge on any atom is -0.408 e. The van der Waals surface area contributed by atoms with Crippen molar-refractivity contribution in [3.05, 3.63) is 68.1 Å². The number of fused-ring (bicyclic) bond motifs is 1. The summed E-state index contributed by atoms with van der Waals surface area (Å²) in [4.78, 5) is 13.7. The Morgan fingerprint density at radius 2 is 1.85 bits per heavy atom. The fourth-order valence-electron chi connectivity index (χ4n) is 2.07. The van der Waals surface area contributed by atoms with E-state index in [2.05, 4.69) is 4.98 Å². The lowest BCUT2D eigenvalue weighted by molar-refractivity contribution is 0.220. The highest BCUT2D eigenvalue weighted by atomic mass is 35.5. The van der Waals surface area contributed by atoms with E-state index in [1.165, 1.54) is 0 Å². The van der Waals surface area contributed by atoms with Gasteiger partial charge in [-0.25, -0.2) is 4.79 Å². The number of aromatic nitrogens is 1. The molecule has 4 nitrogen and oxygen atoms in total. The molecule has 2 aromatic carbocycles. The van der Waals surface area contributed by atoms with Crippen molar-refractivity contribution in [3.63, 3.8) is 0 Å². The fraction of sp³-hybridized carbons (Fsp3) is 0.0714. The van der Waals surface area contributed by atoms with Gasteiger partial charge in [-0.15, -0.1) is 0 Å². The second kappa shape index (κ2) is 4.98. The van der Waals surface area contributed by atoms with E-state index in [9.17, 15) is 9.90 Å². The van der Waals surface area contributed by atoms with Gasteiger partial charge in [-0.3, -0.25) is 4.98 Å². The van der Waals surface area contributed by atoms with Crippen LogP contribution < -0.4 is 5.76 Å². The number of hydrogen-bond acceptors (Lipinski definition) is 3. The zero-order valence-corrected chi connectivity index (χ0v) is 11.6. The Labute approximate surface area is 123 Å². The normalized spacial score (nSPS) is 12.8. The summed E-state index contributed by atoms with van der Waals surface area (Å²) in [6, 6.07) is 9.93. The minimum absolute atomic E-state index is 0.370. The van der Waals surface area contributed by atoms with Gasteiger partial charge in [-0.1, -0.05) is 35.3 Å². The van der Waals surface area contributed by atoms with Gasteiger partial charge in [0.15, 0.2) is 5.58 Å². The maximum Gasteiger partial charge on any atom is 0.417 e. The highest BCUT2D eigenvalue weighted by Gasteiger charge is 2.18. The van der Waals surface area contributed by atoms with Crippen LogP contribution in [0.4, 0.5) is 0 Å². The molecule has 0 fully saturated rings. The Bertz CT molecular complexity index is 818. The highest BCUT2D eigenvalue weighted by molar-refractivity contribution is 6.36. The first-order valence-electron chi connectivity index (χ1n) is 5.81. The second-order valence-corrected chi connectivity index (χ2v) is 5.12. The summed E-state index contributed by atoms with van der Waals surface area (Å²) in [5.74, 6) is -0.539. The summed E-state index contributed by atoms with van der Waals surface area (Å²) in [6.45, 7) is 0. The van der Waals surface area contributed by atoms with Gasteiger partial charge in [0.05, 0.1) is 5.52 Å². The van der Waals surface area contributed by atoms with E-state index in [4.69, 9.17) is 27.6 Å². The van der Waals surface area contributed by atoms with Gasteiger partial charge in [0.25, 0.3) is 0 Å². The van der Waals surface area contributed by atoms with Crippen LogP contribution in [0.5, 0.6) is 0 Å². The number of aliphatic hydroxyl groups excluding tert-OH is 1. The molecule has 3 aromatic rings. The molecular weight excluding hydrogens is 301 g/mol. The Hall–Kier alpha value is -1.75. The molecule has 1 atom stereocenters. The third-order valence-corrected chi connectivity index (χ3v) is 3.69. The Morgan fingerprint density at radius 3 is 2.55 bits per heavy atom. The molecule has 6 heteroatoms. The maximum atomic E-state index is 11.1. The molecule has 1 unspecified atom stereocenters. The van der Waals surface area contributed by atoms with Crippen LogP contribution in [0.2, 0.25) is 10.0 Å². The molecule has 20 heavy (non-hydrogen) atoms. The van der Waals surface area contributed by atoms with Crippen LogP contribution in [0.25, 0.3) is 11.1 Å². The molecule has 0 saturated heterocycles. The first-order valence-corrected chi connectivity index (χ1v) is 6.56. The third kappa shape index (κ3) is 2.22. The standard InChI is InChI=1S/C14H9Cl2NO3/c15-8-2-1-3-9(16)12(8)13(18)7-4-5-10-11(6-7)20-14(19)17-10/h1-6,13,18H,(H,17,19). The van der Waals surface area contributed by atoms with E-state index in [1.54, 1.807) is 36.4 Å². The van der Waals surface area contributed by atoms with Gasteiger partial charge in [0.2, 0.25) is 0 Å². The van der Waals surface area contributed by atoms with E-state index in [0.29, 0.717) is 32.3 Å². The van der Waals surface area contributed by atoms with Crippen LogP contribution in [0.3, 0.4) is 0 Å². The molecule has 3 rings (SSSR count). The van der Waals surface area contributed by atoms with E-state index in [0.717, 1.165) is 0 Å².